The molecule has 47 heavy (non-hydrogen) atoms. The normalized spacial score (nSPS) is 13.5. The van der Waals surface area contributed by atoms with Gasteiger partial charge in [-0.05, 0) is 89.6 Å². The number of fused-ring (bicyclic) bond motifs is 1. The second kappa shape index (κ2) is 16.3. The van der Waals surface area contributed by atoms with Gasteiger partial charge in [0.2, 0.25) is 5.69 Å². The first kappa shape index (κ1) is 33.7. The minimum absolute atomic E-state index is 0.165. The molecule has 246 valence electrons. The van der Waals surface area contributed by atoms with Gasteiger partial charge in [0, 0.05) is 48.8 Å². The van der Waals surface area contributed by atoms with Gasteiger partial charge in [0.05, 0.1) is 6.61 Å². The van der Waals surface area contributed by atoms with Crippen molar-refractivity contribution in [3.05, 3.63) is 119 Å². The van der Waals surface area contributed by atoms with E-state index in [1.165, 1.54) is 6.20 Å². The number of benzene rings is 3. The topological polar surface area (TPSA) is 98.0 Å². The molecule has 2 heterocycles. The van der Waals surface area contributed by atoms with Gasteiger partial charge in [-0.25, -0.2) is 0 Å². The molecule has 4 aromatic rings. The molecular formula is C39H45N3O5. The van der Waals surface area contributed by atoms with Gasteiger partial charge in [0.15, 0.2) is 12.3 Å². The van der Waals surface area contributed by atoms with Crippen molar-refractivity contribution in [1.29, 1.82) is 0 Å². The lowest BCUT2D eigenvalue weighted by Gasteiger charge is -2.27. The summed E-state index contributed by atoms with van der Waals surface area (Å²) in [6.07, 6.45) is 5.07. The van der Waals surface area contributed by atoms with Crippen LogP contribution in [-0.2, 0) is 9.53 Å². The van der Waals surface area contributed by atoms with Gasteiger partial charge in [0.25, 0.3) is 5.91 Å². The van der Waals surface area contributed by atoms with Gasteiger partial charge < -0.3 is 30.0 Å². The zero-order valence-electron chi connectivity index (χ0n) is 27.5. The first-order valence-electron chi connectivity index (χ1n) is 16.5. The molecule has 2 N–H and O–H groups in total. The summed E-state index contributed by atoms with van der Waals surface area (Å²) in [6, 6.07) is 26.4. The minimum atomic E-state index is -1.07. The first-order valence-corrected chi connectivity index (χ1v) is 16.5. The minimum Gasteiger partial charge on any atom is -0.618 e. The van der Waals surface area contributed by atoms with E-state index >= 15 is 0 Å². The number of pyridine rings is 1. The predicted molar refractivity (Wildman–Crippen MR) is 187 cm³/mol. The Bertz CT molecular complexity index is 1650. The molecule has 0 bridgehead atoms. The second-order valence-corrected chi connectivity index (χ2v) is 12.3. The number of unbranched alkanes of at least 4 members (excludes halogenated alkanes) is 1. The number of hydrogen-bond acceptors (Lipinski definition) is 6. The van der Waals surface area contributed by atoms with E-state index in [0.29, 0.717) is 47.1 Å². The summed E-state index contributed by atoms with van der Waals surface area (Å²) in [5.41, 5.74) is 6.36. The summed E-state index contributed by atoms with van der Waals surface area (Å²) in [7, 11) is 0. The molecule has 1 aliphatic rings. The van der Waals surface area contributed by atoms with E-state index in [1.54, 1.807) is 42.5 Å². The molecule has 0 fully saturated rings. The number of aliphatic hydroxyl groups is 1. The Balaban J connectivity index is 1.31. The van der Waals surface area contributed by atoms with Gasteiger partial charge in [-0.2, -0.15) is 4.73 Å². The number of aromatic nitrogens is 1. The summed E-state index contributed by atoms with van der Waals surface area (Å²) in [5.74, 6) is 1.10. The van der Waals surface area contributed by atoms with Crippen molar-refractivity contribution in [2.45, 2.75) is 46.1 Å². The number of carbonyl (C=O) groups excluding carboxylic acids is 1. The third-order valence-electron chi connectivity index (χ3n) is 8.17. The van der Waals surface area contributed by atoms with E-state index < -0.39 is 6.10 Å². The number of ether oxygens (including phenoxy) is 2. The van der Waals surface area contributed by atoms with Crippen LogP contribution in [0.4, 0.5) is 11.4 Å². The fourth-order valence-corrected chi connectivity index (χ4v) is 5.68. The van der Waals surface area contributed by atoms with Crippen LogP contribution in [-0.4, -0.2) is 43.9 Å². The average molecular weight is 636 g/mol. The molecule has 5 rings (SSSR count). The van der Waals surface area contributed by atoms with Crippen LogP contribution in [0, 0.1) is 11.1 Å². The van der Waals surface area contributed by atoms with Crippen molar-refractivity contribution in [2.24, 2.45) is 5.92 Å². The molecule has 8 nitrogen and oxygen atoms in total. The molecule has 0 radical (unpaired) electrons. The van der Waals surface area contributed by atoms with Crippen LogP contribution in [0.15, 0.2) is 96.7 Å². The number of amides is 1. The number of nitrogens with zero attached hydrogens (tertiary/aromatic N) is 2. The fraction of sp³-hybridized carbons (Fsp3) is 0.333. The summed E-state index contributed by atoms with van der Waals surface area (Å²) < 4.78 is 12.1. The summed E-state index contributed by atoms with van der Waals surface area (Å²) in [4.78, 5) is 15.9. The van der Waals surface area contributed by atoms with E-state index in [4.69, 9.17) is 9.47 Å². The summed E-state index contributed by atoms with van der Waals surface area (Å²) in [5, 5.41) is 25.8. The SMILES string of the molecule is CCCCOCCOc1ccc(-c2ccc3c(c2)C=C(C(=O)Nc2ccc([C@H](O)c4cccc[n+]4[O-])cc2)CCN3CC(C)C)cc1. The quantitative estimate of drug-likeness (QED) is 0.0868. The maximum Gasteiger partial charge on any atom is 0.251 e. The number of anilines is 2. The van der Waals surface area contributed by atoms with E-state index in [9.17, 15) is 15.1 Å². The zero-order valence-corrected chi connectivity index (χ0v) is 27.5. The van der Waals surface area contributed by atoms with E-state index in [2.05, 4.69) is 61.3 Å². The Labute approximate surface area is 277 Å². The van der Waals surface area contributed by atoms with Crippen molar-refractivity contribution in [3.8, 4) is 16.9 Å². The zero-order chi connectivity index (χ0) is 33.2. The van der Waals surface area contributed by atoms with Crippen LogP contribution in [0.1, 0.15) is 63.0 Å². The van der Waals surface area contributed by atoms with Crippen molar-refractivity contribution >= 4 is 23.4 Å². The molecule has 8 heteroatoms. The van der Waals surface area contributed by atoms with Crippen molar-refractivity contribution in [1.82, 2.24) is 0 Å². The largest absolute Gasteiger partial charge is 0.618 e. The van der Waals surface area contributed by atoms with E-state index in [-0.39, 0.29) is 11.6 Å². The van der Waals surface area contributed by atoms with Crippen LogP contribution in [0.5, 0.6) is 5.75 Å². The van der Waals surface area contributed by atoms with Crippen molar-refractivity contribution < 1.29 is 24.1 Å². The maximum atomic E-state index is 13.6. The summed E-state index contributed by atoms with van der Waals surface area (Å²) in [6.45, 7) is 10.0. The van der Waals surface area contributed by atoms with Gasteiger partial charge in [-0.3, -0.25) is 4.79 Å². The molecule has 3 aromatic carbocycles. The Kier molecular flexibility index (Phi) is 11.7. The number of hydrogen-bond donors (Lipinski definition) is 2. The van der Waals surface area contributed by atoms with Gasteiger partial charge in [-0.1, -0.05) is 57.5 Å². The van der Waals surface area contributed by atoms with Crippen molar-refractivity contribution in [2.75, 3.05) is 43.1 Å². The van der Waals surface area contributed by atoms with Crippen molar-refractivity contribution in [3.63, 3.8) is 0 Å². The lowest BCUT2D eigenvalue weighted by molar-refractivity contribution is -0.617. The van der Waals surface area contributed by atoms with Crippen LogP contribution >= 0.6 is 0 Å². The molecule has 0 saturated carbocycles. The Morgan fingerprint density at radius 2 is 1.74 bits per heavy atom. The fourth-order valence-electron chi connectivity index (χ4n) is 5.68. The number of aliphatic hydroxyl groups excluding tert-OH is 1. The third kappa shape index (κ3) is 8.99. The molecule has 1 amide bonds. The van der Waals surface area contributed by atoms with Gasteiger partial charge in [-0.15, -0.1) is 0 Å². The average Bonchev–Trinajstić information content (AvgIpc) is 3.25. The molecular weight excluding hydrogens is 590 g/mol. The van der Waals surface area contributed by atoms with E-state index in [0.717, 1.165) is 60.7 Å². The van der Waals surface area contributed by atoms with Crippen LogP contribution in [0.3, 0.4) is 0 Å². The molecule has 0 spiro atoms. The molecule has 0 unspecified atom stereocenters. The maximum absolute atomic E-state index is 13.6. The predicted octanol–water partition coefficient (Wildman–Crippen LogP) is 7.15. The third-order valence-corrected chi connectivity index (χ3v) is 8.17. The van der Waals surface area contributed by atoms with Crippen LogP contribution in [0.2, 0.25) is 0 Å². The molecule has 0 aliphatic carbocycles. The smallest absolute Gasteiger partial charge is 0.251 e. The Hall–Kier alpha value is -4.66. The second-order valence-electron chi connectivity index (χ2n) is 12.3. The number of nitrogens with one attached hydrogen (secondary N) is 1. The first-order chi connectivity index (χ1) is 22.8. The molecule has 0 saturated heterocycles. The number of carbonyl (C=O) groups is 1. The Morgan fingerprint density at radius 3 is 2.47 bits per heavy atom. The van der Waals surface area contributed by atoms with E-state index in [1.807, 2.05) is 18.2 Å². The van der Waals surface area contributed by atoms with Gasteiger partial charge >= 0.3 is 0 Å². The lowest BCUT2D eigenvalue weighted by atomic mass is 10.00. The summed E-state index contributed by atoms with van der Waals surface area (Å²) >= 11 is 0. The standard InChI is InChI=1S/C39H45N3O5/c1-4-5-22-46-23-24-47-35-16-11-29(12-17-35)31-13-18-36-33(25-31)26-32(19-21-41(36)27-28(2)3)39(44)40-34-14-9-30(10-15-34)38(43)37-8-6-7-20-42(37)45/h6-18,20,25-26,28,38,43H,4-5,19,21-24,27H2,1-3H3,(H,40,44)/t38-/m0/s1. The lowest BCUT2D eigenvalue weighted by Crippen LogP contribution is -2.32. The highest BCUT2D eigenvalue weighted by molar-refractivity contribution is 6.07. The van der Waals surface area contributed by atoms with Crippen LogP contribution < -0.4 is 19.7 Å². The highest BCUT2D eigenvalue weighted by Gasteiger charge is 2.22. The number of rotatable bonds is 14. The van der Waals surface area contributed by atoms with Crippen LogP contribution in [0.25, 0.3) is 17.2 Å². The highest BCUT2D eigenvalue weighted by atomic mass is 16.5. The highest BCUT2D eigenvalue weighted by Crippen LogP contribution is 2.34. The monoisotopic (exact) mass is 635 g/mol. The molecule has 1 aromatic heterocycles. The Morgan fingerprint density at radius 1 is 0.979 bits per heavy atom. The molecule has 1 aliphatic heterocycles. The molecule has 1 atom stereocenters. The van der Waals surface area contributed by atoms with Gasteiger partial charge in [0.1, 0.15) is 12.4 Å².